The average molecular weight is 274 g/mol. The number of anilines is 1. The Bertz CT molecular complexity index is 466. The number of carbonyl (C=O) groups is 1. The summed E-state index contributed by atoms with van der Waals surface area (Å²) in [6.45, 7) is 4.68. The summed E-state index contributed by atoms with van der Waals surface area (Å²) in [6.07, 6.45) is 6.15. The Balaban J connectivity index is 1.84. The summed E-state index contributed by atoms with van der Waals surface area (Å²) in [6, 6.07) is 7.67. The van der Waals surface area contributed by atoms with Crippen LogP contribution in [0, 0.1) is 0 Å². The minimum atomic E-state index is -0.0349. The third-order valence-electron chi connectivity index (χ3n) is 3.12. The molecule has 0 bridgehead atoms. The summed E-state index contributed by atoms with van der Waals surface area (Å²) < 4.78 is 5.50. The summed E-state index contributed by atoms with van der Waals surface area (Å²) in [5.74, 6) is -0.0349. The Labute approximate surface area is 120 Å². The van der Waals surface area contributed by atoms with Crippen molar-refractivity contribution in [3.05, 3.63) is 42.2 Å². The monoisotopic (exact) mass is 274 g/mol. The first-order valence-electron chi connectivity index (χ1n) is 7.10. The van der Waals surface area contributed by atoms with E-state index in [1.165, 1.54) is 0 Å². The smallest absolute Gasteiger partial charge is 0.251 e. The van der Waals surface area contributed by atoms with Gasteiger partial charge in [0, 0.05) is 17.3 Å². The molecule has 1 atom stereocenters. The van der Waals surface area contributed by atoms with E-state index in [1.807, 2.05) is 44.2 Å². The number of amides is 1. The molecule has 1 heterocycles. The lowest BCUT2D eigenvalue weighted by atomic mass is 10.1. The van der Waals surface area contributed by atoms with Crippen LogP contribution in [0.1, 0.15) is 37.0 Å². The van der Waals surface area contributed by atoms with Gasteiger partial charge in [0.2, 0.25) is 0 Å². The Morgan fingerprint density at radius 3 is 2.70 bits per heavy atom. The van der Waals surface area contributed by atoms with Crippen LogP contribution < -0.4 is 10.6 Å². The van der Waals surface area contributed by atoms with Crippen LogP contribution in [0.3, 0.4) is 0 Å². The number of benzene rings is 1. The largest absolute Gasteiger partial charge is 0.497 e. The first kappa shape index (κ1) is 14.4. The zero-order chi connectivity index (χ0) is 14.4. The highest BCUT2D eigenvalue weighted by atomic mass is 16.5. The maximum absolute atomic E-state index is 11.8. The lowest BCUT2D eigenvalue weighted by molar-refractivity contribution is 0.0943. The Morgan fingerprint density at radius 1 is 1.35 bits per heavy atom. The van der Waals surface area contributed by atoms with Gasteiger partial charge >= 0.3 is 0 Å². The van der Waals surface area contributed by atoms with E-state index < -0.39 is 0 Å². The third-order valence-corrected chi connectivity index (χ3v) is 3.12. The second kappa shape index (κ2) is 6.98. The molecule has 1 aromatic carbocycles. The van der Waals surface area contributed by atoms with E-state index in [9.17, 15) is 4.79 Å². The molecular formula is C16H22N2O2. The SMILES string of the molecule is CC(C)NC(=O)c1ccc(NCC2CCC=CO2)cc1. The average Bonchev–Trinajstić information content (AvgIpc) is 2.46. The van der Waals surface area contributed by atoms with E-state index in [2.05, 4.69) is 10.6 Å². The summed E-state index contributed by atoms with van der Waals surface area (Å²) >= 11 is 0. The summed E-state index contributed by atoms with van der Waals surface area (Å²) in [5.41, 5.74) is 1.69. The van der Waals surface area contributed by atoms with Crippen molar-refractivity contribution in [3.8, 4) is 0 Å². The summed E-state index contributed by atoms with van der Waals surface area (Å²) in [5, 5.41) is 6.21. The molecule has 0 saturated heterocycles. The van der Waals surface area contributed by atoms with Gasteiger partial charge in [0.25, 0.3) is 5.91 Å². The van der Waals surface area contributed by atoms with Crippen molar-refractivity contribution in [3.63, 3.8) is 0 Å². The van der Waals surface area contributed by atoms with Gasteiger partial charge in [-0.05, 0) is 57.0 Å². The quantitative estimate of drug-likeness (QED) is 0.868. The topological polar surface area (TPSA) is 50.4 Å². The minimum Gasteiger partial charge on any atom is -0.497 e. The predicted octanol–water partition coefficient (Wildman–Crippen LogP) is 2.93. The molecule has 2 N–H and O–H groups in total. The third kappa shape index (κ3) is 4.30. The van der Waals surface area contributed by atoms with Gasteiger partial charge in [-0.3, -0.25) is 4.79 Å². The highest BCUT2D eigenvalue weighted by molar-refractivity contribution is 5.94. The van der Waals surface area contributed by atoms with Crippen molar-refractivity contribution in [1.82, 2.24) is 5.32 Å². The van der Waals surface area contributed by atoms with E-state index in [1.54, 1.807) is 6.26 Å². The van der Waals surface area contributed by atoms with Crippen LogP contribution in [0.15, 0.2) is 36.6 Å². The maximum Gasteiger partial charge on any atom is 0.251 e. The van der Waals surface area contributed by atoms with Gasteiger partial charge in [-0.2, -0.15) is 0 Å². The van der Waals surface area contributed by atoms with Crippen LogP contribution in [0.4, 0.5) is 5.69 Å². The van der Waals surface area contributed by atoms with Crippen molar-refractivity contribution in [2.24, 2.45) is 0 Å². The van der Waals surface area contributed by atoms with Crippen molar-refractivity contribution in [2.75, 3.05) is 11.9 Å². The van der Waals surface area contributed by atoms with Gasteiger partial charge in [-0.25, -0.2) is 0 Å². The number of rotatable bonds is 5. The van der Waals surface area contributed by atoms with Crippen LogP contribution in [-0.4, -0.2) is 24.6 Å². The van der Waals surface area contributed by atoms with Crippen molar-refractivity contribution in [1.29, 1.82) is 0 Å². The molecule has 0 aliphatic carbocycles. The van der Waals surface area contributed by atoms with Crippen LogP contribution in [0.25, 0.3) is 0 Å². The second-order valence-corrected chi connectivity index (χ2v) is 5.29. The molecule has 0 saturated carbocycles. The standard InChI is InChI=1S/C16H22N2O2/c1-12(2)18-16(19)13-6-8-14(9-7-13)17-11-15-5-3-4-10-20-15/h4,6-10,12,15,17H,3,5,11H2,1-2H3,(H,18,19). The van der Waals surface area contributed by atoms with Gasteiger partial charge in [0.15, 0.2) is 0 Å². The molecular weight excluding hydrogens is 252 g/mol. The first-order chi connectivity index (χ1) is 9.65. The molecule has 4 heteroatoms. The maximum atomic E-state index is 11.8. The fourth-order valence-electron chi connectivity index (χ4n) is 2.05. The predicted molar refractivity (Wildman–Crippen MR) is 80.8 cm³/mol. The Morgan fingerprint density at radius 2 is 2.10 bits per heavy atom. The lowest BCUT2D eigenvalue weighted by Gasteiger charge is -2.20. The highest BCUT2D eigenvalue weighted by Crippen LogP contribution is 2.13. The summed E-state index contributed by atoms with van der Waals surface area (Å²) in [4.78, 5) is 11.8. The molecule has 0 aromatic heterocycles. The number of hydrogen-bond donors (Lipinski definition) is 2. The second-order valence-electron chi connectivity index (χ2n) is 5.29. The van der Waals surface area contributed by atoms with Crippen LogP contribution in [0.2, 0.25) is 0 Å². The molecule has 1 unspecified atom stereocenters. The Kier molecular flexibility index (Phi) is 5.04. The van der Waals surface area contributed by atoms with Crippen molar-refractivity contribution < 1.29 is 9.53 Å². The molecule has 1 aliphatic heterocycles. The molecule has 1 aliphatic rings. The number of nitrogens with one attached hydrogen (secondary N) is 2. The first-order valence-corrected chi connectivity index (χ1v) is 7.10. The molecule has 0 radical (unpaired) electrons. The zero-order valence-corrected chi connectivity index (χ0v) is 12.1. The van der Waals surface area contributed by atoms with Gasteiger partial charge in [0.1, 0.15) is 6.10 Å². The molecule has 1 amide bonds. The molecule has 108 valence electrons. The number of allylic oxidation sites excluding steroid dienone is 1. The van der Waals surface area contributed by atoms with Crippen molar-refractivity contribution in [2.45, 2.75) is 38.8 Å². The van der Waals surface area contributed by atoms with E-state index in [0.29, 0.717) is 5.56 Å². The van der Waals surface area contributed by atoms with Crippen LogP contribution in [-0.2, 0) is 4.74 Å². The fraction of sp³-hybridized carbons (Fsp3) is 0.438. The number of hydrogen-bond acceptors (Lipinski definition) is 3. The highest BCUT2D eigenvalue weighted by Gasteiger charge is 2.11. The van der Waals surface area contributed by atoms with Gasteiger partial charge < -0.3 is 15.4 Å². The fourth-order valence-corrected chi connectivity index (χ4v) is 2.05. The zero-order valence-electron chi connectivity index (χ0n) is 12.1. The Hall–Kier alpha value is -1.97. The van der Waals surface area contributed by atoms with Gasteiger partial charge in [-0.15, -0.1) is 0 Å². The van der Waals surface area contributed by atoms with Crippen molar-refractivity contribution >= 4 is 11.6 Å². The molecule has 0 fully saturated rings. The van der Waals surface area contributed by atoms with E-state index in [-0.39, 0.29) is 18.1 Å². The normalized spacial score (nSPS) is 17.6. The summed E-state index contributed by atoms with van der Waals surface area (Å²) in [7, 11) is 0. The molecule has 2 rings (SSSR count). The van der Waals surface area contributed by atoms with E-state index in [0.717, 1.165) is 25.1 Å². The van der Waals surface area contributed by atoms with Crippen LogP contribution in [0.5, 0.6) is 0 Å². The van der Waals surface area contributed by atoms with Gasteiger partial charge in [0.05, 0.1) is 12.8 Å². The van der Waals surface area contributed by atoms with E-state index >= 15 is 0 Å². The van der Waals surface area contributed by atoms with Crippen LogP contribution >= 0.6 is 0 Å². The molecule has 1 aromatic rings. The lowest BCUT2D eigenvalue weighted by Crippen LogP contribution is -2.30. The number of ether oxygens (including phenoxy) is 1. The minimum absolute atomic E-state index is 0.0349. The van der Waals surface area contributed by atoms with Gasteiger partial charge in [-0.1, -0.05) is 0 Å². The van der Waals surface area contributed by atoms with E-state index in [4.69, 9.17) is 4.74 Å². The molecule has 20 heavy (non-hydrogen) atoms. The molecule has 0 spiro atoms. The molecule has 4 nitrogen and oxygen atoms in total. The number of carbonyl (C=O) groups excluding carboxylic acids is 1.